The van der Waals surface area contributed by atoms with Gasteiger partial charge < -0.3 is 0 Å². The third-order valence-electron chi connectivity index (χ3n) is 2.60. The molecule has 0 aliphatic rings. The van der Waals surface area contributed by atoms with Gasteiger partial charge in [0.1, 0.15) is 0 Å². The molecule has 1 aromatic carbocycles. The highest BCUT2D eigenvalue weighted by Gasteiger charge is 1.99. The summed E-state index contributed by atoms with van der Waals surface area (Å²) in [6.45, 7) is 0. The molecule has 18 heavy (non-hydrogen) atoms. The lowest BCUT2D eigenvalue weighted by Gasteiger charge is -2.01. The summed E-state index contributed by atoms with van der Waals surface area (Å²) in [5.41, 5.74) is 2.01. The van der Waals surface area contributed by atoms with Crippen LogP contribution in [0, 0.1) is 11.3 Å². The molecule has 4 heteroatoms. The third kappa shape index (κ3) is 3.64. The molecule has 0 radical (unpaired) electrons. The Bertz CT molecular complexity index is 554. The van der Waals surface area contributed by atoms with Gasteiger partial charge in [0.15, 0.2) is 0 Å². The van der Waals surface area contributed by atoms with Crippen LogP contribution >= 0.6 is 11.8 Å². The summed E-state index contributed by atoms with van der Waals surface area (Å²) in [5.74, 6) is 1.06. The van der Waals surface area contributed by atoms with Crippen molar-refractivity contribution in [3.8, 4) is 6.07 Å². The first kappa shape index (κ1) is 12.7. The van der Waals surface area contributed by atoms with E-state index in [0.717, 1.165) is 24.2 Å². The molecule has 0 saturated heterocycles. The van der Waals surface area contributed by atoms with Crippen molar-refractivity contribution < 1.29 is 0 Å². The number of rotatable bonds is 5. The van der Waals surface area contributed by atoms with Crippen LogP contribution in [0.2, 0.25) is 0 Å². The molecular formula is C14H15N3S. The molecule has 1 heterocycles. The van der Waals surface area contributed by atoms with Crippen LogP contribution < -0.4 is 0 Å². The number of benzene rings is 1. The molecular weight excluding hydrogens is 242 g/mol. The quantitative estimate of drug-likeness (QED) is 0.610. The summed E-state index contributed by atoms with van der Waals surface area (Å²) < 4.78 is 1.83. The van der Waals surface area contributed by atoms with Gasteiger partial charge in [0.25, 0.3) is 0 Å². The summed E-state index contributed by atoms with van der Waals surface area (Å²) in [4.78, 5) is 1.17. The zero-order valence-corrected chi connectivity index (χ0v) is 11.2. The van der Waals surface area contributed by atoms with Gasteiger partial charge in [-0.25, -0.2) is 0 Å². The van der Waals surface area contributed by atoms with E-state index in [1.165, 1.54) is 10.5 Å². The molecule has 0 saturated carbocycles. The number of hydrogen-bond acceptors (Lipinski definition) is 3. The van der Waals surface area contributed by atoms with Crippen molar-refractivity contribution in [3.63, 3.8) is 0 Å². The lowest BCUT2D eigenvalue weighted by molar-refractivity contribution is 0.766. The highest BCUT2D eigenvalue weighted by Crippen LogP contribution is 2.20. The number of thioether (sulfide) groups is 1. The molecule has 0 atom stereocenters. The second-order valence-corrected chi connectivity index (χ2v) is 5.28. The molecule has 92 valence electrons. The van der Waals surface area contributed by atoms with E-state index in [1.54, 1.807) is 11.8 Å². The molecule has 0 fully saturated rings. The maximum Gasteiger partial charge on any atom is 0.0992 e. The number of aromatic nitrogens is 2. The molecule has 2 aromatic rings. The topological polar surface area (TPSA) is 41.6 Å². The Kier molecular flexibility index (Phi) is 4.43. The minimum absolute atomic E-state index is 0.729. The van der Waals surface area contributed by atoms with Crippen molar-refractivity contribution >= 4 is 11.8 Å². The van der Waals surface area contributed by atoms with E-state index in [4.69, 9.17) is 5.26 Å². The smallest absolute Gasteiger partial charge is 0.0992 e. The number of aryl methyl sites for hydroxylation is 2. The lowest BCUT2D eigenvalue weighted by Crippen LogP contribution is -1.87. The Labute approximate surface area is 111 Å². The fourth-order valence-electron chi connectivity index (χ4n) is 1.72. The van der Waals surface area contributed by atoms with Gasteiger partial charge in [0.2, 0.25) is 0 Å². The highest BCUT2D eigenvalue weighted by atomic mass is 32.2. The standard InChI is InChI=1S/C14H15N3S/c1-17-11-13(10-16-17)5-3-7-18-14-6-2-4-12(8-14)9-15/h2,4,6,8,10-11H,3,5,7H2,1H3. The average Bonchev–Trinajstić information content (AvgIpc) is 2.81. The van der Waals surface area contributed by atoms with Gasteiger partial charge in [0.05, 0.1) is 17.8 Å². The Hall–Kier alpha value is -1.73. The molecule has 1 aromatic heterocycles. The molecule has 0 aliphatic heterocycles. The van der Waals surface area contributed by atoms with E-state index in [1.807, 2.05) is 36.1 Å². The van der Waals surface area contributed by atoms with Crippen LogP contribution in [0.1, 0.15) is 17.5 Å². The van der Waals surface area contributed by atoms with Crippen LogP contribution in [-0.2, 0) is 13.5 Å². The van der Waals surface area contributed by atoms with Gasteiger partial charge in [-0.15, -0.1) is 11.8 Å². The van der Waals surface area contributed by atoms with Gasteiger partial charge in [0, 0.05) is 18.1 Å². The Morgan fingerprint density at radius 1 is 1.44 bits per heavy atom. The molecule has 0 bridgehead atoms. The summed E-state index contributed by atoms with van der Waals surface area (Å²) in [6.07, 6.45) is 6.15. The lowest BCUT2D eigenvalue weighted by atomic mass is 10.2. The molecule has 0 aliphatic carbocycles. The molecule has 0 amide bonds. The van der Waals surface area contributed by atoms with Crippen LogP contribution in [0.25, 0.3) is 0 Å². The van der Waals surface area contributed by atoms with Gasteiger partial charge in [-0.1, -0.05) is 6.07 Å². The molecule has 0 N–H and O–H groups in total. The van der Waals surface area contributed by atoms with Crippen molar-refractivity contribution in [2.45, 2.75) is 17.7 Å². The Balaban J connectivity index is 1.77. The van der Waals surface area contributed by atoms with Crippen molar-refractivity contribution in [2.24, 2.45) is 7.05 Å². The van der Waals surface area contributed by atoms with E-state index < -0.39 is 0 Å². The fourth-order valence-corrected chi connectivity index (χ4v) is 2.63. The molecule has 0 unspecified atom stereocenters. The van der Waals surface area contributed by atoms with Crippen LogP contribution in [0.3, 0.4) is 0 Å². The third-order valence-corrected chi connectivity index (χ3v) is 3.68. The van der Waals surface area contributed by atoms with E-state index in [-0.39, 0.29) is 0 Å². The normalized spacial score (nSPS) is 10.2. The SMILES string of the molecule is Cn1cc(CCCSc2cccc(C#N)c2)cn1. The van der Waals surface area contributed by atoms with Crippen molar-refractivity contribution in [2.75, 3.05) is 5.75 Å². The summed E-state index contributed by atoms with van der Waals surface area (Å²) in [5, 5.41) is 13.0. The van der Waals surface area contributed by atoms with Crippen LogP contribution in [0.5, 0.6) is 0 Å². The molecule has 0 spiro atoms. The number of nitrogens with zero attached hydrogens (tertiary/aromatic N) is 3. The van der Waals surface area contributed by atoms with E-state index in [9.17, 15) is 0 Å². The van der Waals surface area contributed by atoms with Crippen LogP contribution in [0.15, 0.2) is 41.6 Å². The predicted molar refractivity (Wildman–Crippen MR) is 73.4 cm³/mol. The monoisotopic (exact) mass is 257 g/mol. The van der Waals surface area contributed by atoms with Crippen molar-refractivity contribution in [1.82, 2.24) is 9.78 Å². The second-order valence-electron chi connectivity index (χ2n) is 4.11. The van der Waals surface area contributed by atoms with Gasteiger partial charge in [-0.2, -0.15) is 10.4 Å². The summed E-state index contributed by atoms with van der Waals surface area (Å²) in [7, 11) is 1.94. The first-order valence-electron chi connectivity index (χ1n) is 5.88. The van der Waals surface area contributed by atoms with Crippen molar-refractivity contribution in [3.05, 3.63) is 47.8 Å². The number of hydrogen-bond donors (Lipinski definition) is 0. The van der Waals surface area contributed by atoms with Gasteiger partial charge in [-0.05, 0) is 42.4 Å². The van der Waals surface area contributed by atoms with Gasteiger partial charge >= 0.3 is 0 Å². The van der Waals surface area contributed by atoms with Gasteiger partial charge in [-0.3, -0.25) is 4.68 Å². The summed E-state index contributed by atoms with van der Waals surface area (Å²) in [6, 6.07) is 9.92. The minimum Gasteiger partial charge on any atom is -0.276 e. The molecule has 3 nitrogen and oxygen atoms in total. The largest absolute Gasteiger partial charge is 0.276 e. The van der Waals surface area contributed by atoms with Crippen molar-refractivity contribution in [1.29, 1.82) is 5.26 Å². The van der Waals surface area contributed by atoms with E-state index in [0.29, 0.717) is 0 Å². The zero-order valence-electron chi connectivity index (χ0n) is 10.3. The fraction of sp³-hybridized carbons (Fsp3) is 0.286. The Morgan fingerprint density at radius 2 is 2.33 bits per heavy atom. The number of nitriles is 1. The molecule has 2 rings (SSSR count). The first-order valence-corrected chi connectivity index (χ1v) is 6.87. The maximum atomic E-state index is 8.82. The summed E-state index contributed by atoms with van der Waals surface area (Å²) >= 11 is 1.80. The van der Waals surface area contributed by atoms with Crippen LogP contribution in [0.4, 0.5) is 0 Å². The van der Waals surface area contributed by atoms with E-state index >= 15 is 0 Å². The minimum atomic E-state index is 0.729. The zero-order chi connectivity index (χ0) is 12.8. The second kappa shape index (κ2) is 6.27. The predicted octanol–water partition coefficient (Wildman–Crippen LogP) is 3.02. The first-order chi connectivity index (χ1) is 8.78. The maximum absolute atomic E-state index is 8.82. The highest BCUT2D eigenvalue weighted by molar-refractivity contribution is 7.99. The Morgan fingerprint density at radius 3 is 3.06 bits per heavy atom. The van der Waals surface area contributed by atoms with Crippen LogP contribution in [-0.4, -0.2) is 15.5 Å². The average molecular weight is 257 g/mol. The van der Waals surface area contributed by atoms with E-state index in [2.05, 4.69) is 23.4 Å².